The Bertz CT molecular complexity index is 1050. The highest BCUT2D eigenvalue weighted by Gasteiger charge is 2.28. The molecule has 1 heterocycles. The van der Waals surface area contributed by atoms with E-state index in [1.54, 1.807) is 24.3 Å². The number of aliphatic imine (C=N–C) groups is 1. The maximum atomic E-state index is 12.4. The van der Waals surface area contributed by atoms with Gasteiger partial charge in [0.1, 0.15) is 5.75 Å². The number of carbonyl (C=O) groups is 1. The molecule has 2 aromatic rings. The van der Waals surface area contributed by atoms with Crippen LogP contribution in [0.25, 0.3) is 6.08 Å². The Kier molecular flexibility index (Phi) is 5.78. The van der Waals surface area contributed by atoms with Crippen molar-refractivity contribution < 1.29 is 14.6 Å². The highest BCUT2D eigenvalue weighted by Crippen LogP contribution is 2.40. The minimum atomic E-state index is -0.543. The van der Waals surface area contributed by atoms with Crippen molar-refractivity contribution in [3.05, 3.63) is 68.3 Å². The van der Waals surface area contributed by atoms with E-state index in [1.807, 2.05) is 53.7 Å². The number of nitrogens with zero attached hydrogens (tertiary/aromatic N) is 1. The minimum absolute atomic E-state index is 0.177. The number of phenols is 1. The molecule has 30 heavy (non-hydrogen) atoms. The number of hydrogen-bond donors (Lipinski definition) is 1. The fourth-order valence-corrected chi connectivity index (χ4v) is 3.50. The monoisotopic (exact) mass is 445 g/mol. The van der Waals surface area contributed by atoms with E-state index in [2.05, 4.69) is 4.99 Å². The van der Waals surface area contributed by atoms with Crippen LogP contribution in [0.15, 0.2) is 41.0 Å². The van der Waals surface area contributed by atoms with Crippen LogP contribution in [0.2, 0.25) is 10.0 Å². The molecule has 158 valence electrons. The first-order valence-corrected chi connectivity index (χ1v) is 10.4. The van der Waals surface area contributed by atoms with Crippen LogP contribution in [-0.2, 0) is 20.4 Å². The highest BCUT2D eigenvalue weighted by molar-refractivity contribution is 6.42. The van der Waals surface area contributed by atoms with E-state index in [1.165, 1.54) is 0 Å². The second-order valence-corrected chi connectivity index (χ2v) is 10.2. The van der Waals surface area contributed by atoms with E-state index in [9.17, 15) is 9.90 Å². The van der Waals surface area contributed by atoms with Crippen molar-refractivity contribution in [2.45, 2.75) is 52.4 Å². The summed E-state index contributed by atoms with van der Waals surface area (Å²) in [4.78, 5) is 16.8. The maximum absolute atomic E-state index is 12.4. The first-order valence-electron chi connectivity index (χ1n) is 9.63. The van der Waals surface area contributed by atoms with Gasteiger partial charge in [0, 0.05) is 16.7 Å². The summed E-state index contributed by atoms with van der Waals surface area (Å²) >= 11 is 12.0. The number of aromatic hydroxyl groups is 1. The van der Waals surface area contributed by atoms with Crippen LogP contribution >= 0.6 is 23.2 Å². The average Bonchev–Trinajstić information content (AvgIpc) is 2.97. The molecule has 3 rings (SSSR count). The zero-order valence-electron chi connectivity index (χ0n) is 17.9. The summed E-state index contributed by atoms with van der Waals surface area (Å²) in [6, 6.07) is 8.70. The number of cyclic esters (lactones) is 1. The van der Waals surface area contributed by atoms with Gasteiger partial charge in [-0.05, 0) is 52.8 Å². The van der Waals surface area contributed by atoms with Gasteiger partial charge in [0.05, 0.1) is 10.0 Å². The zero-order chi connectivity index (χ0) is 22.4. The lowest BCUT2D eigenvalue weighted by molar-refractivity contribution is -0.129. The molecule has 4 nitrogen and oxygen atoms in total. The van der Waals surface area contributed by atoms with Gasteiger partial charge in [-0.25, -0.2) is 9.79 Å². The van der Waals surface area contributed by atoms with Crippen LogP contribution in [0.3, 0.4) is 0 Å². The maximum Gasteiger partial charge on any atom is 0.363 e. The standard InChI is InChI=1S/C24H25Cl2NO3/c1-23(2,3)15-9-13(10-16(20(15)28)24(4,5)6)11-19-22(29)30-21(27-19)14-7-8-17(25)18(26)12-14/h7-12,28H,1-6H3/b19-11-. The van der Waals surface area contributed by atoms with Crippen LogP contribution in [-0.4, -0.2) is 17.0 Å². The Morgan fingerprint density at radius 1 is 0.933 bits per heavy atom. The Morgan fingerprint density at radius 2 is 1.50 bits per heavy atom. The van der Waals surface area contributed by atoms with Crippen LogP contribution in [0.5, 0.6) is 5.75 Å². The number of hydrogen-bond acceptors (Lipinski definition) is 4. The predicted octanol–water partition coefficient (Wildman–Crippen LogP) is 6.64. The molecule has 0 saturated carbocycles. The number of phenolic OH excluding ortho intramolecular Hbond substituents is 1. The summed E-state index contributed by atoms with van der Waals surface area (Å²) in [7, 11) is 0. The van der Waals surface area contributed by atoms with Crippen molar-refractivity contribution in [2.75, 3.05) is 0 Å². The van der Waals surface area contributed by atoms with Crippen LogP contribution in [0, 0.1) is 0 Å². The molecule has 0 spiro atoms. The molecule has 6 heteroatoms. The Labute approximate surface area is 187 Å². The van der Waals surface area contributed by atoms with Crippen molar-refractivity contribution >= 4 is 41.1 Å². The molecule has 0 bridgehead atoms. The third kappa shape index (κ3) is 4.55. The third-order valence-corrected chi connectivity index (χ3v) is 5.58. The lowest BCUT2D eigenvalue weighted by Crippen LogP contribution is -2.17. The van der Waals surface area contributed by atoms with Crippen molar-refractivity contribution in [3.63, 3.8) is 0 Å². The van der Waals surface area contributed by atoms with Crippen molar-refractivity contribution in [1.29, 1.82) is 0 Å². The summed E-state index contributed by atoms with van der Waals surface area (Å²) in [5, 5.41) is 11.6. The van der Waals surface area contributed by atoms with Gasteiger partial charge in [-0.1, -0.05) is 64.7 Å². The summed E-state index contributed by atoms with van der Waals surface area (Å²) in [5.41, 5.74) is 2.59. The quantitative estimate of drug-likeness (QED) is 0.416. The summed E-state index contributed by atoms with van der Waals surface area (Å²) in [5.74, 6) is -0.0828. The number of rotatable bonds is 2. The molecule has 0 atom stereocenters. The molecule has 1 aliphatic heterocycles. The lowest BCUT2D eigenvalue weighted by atomic mass is 9.78. The van der Waals surface area contributed by atoms with Gasteiger partial charge in [0.15, 0.2) is 5.70 Å². The predicted molar refractivity (Wildman–Crippen MR) is 123 cm³/mol. The Hall–Kier alpha value is -2.30. The van der Waals surface area contributed by atoms with Gasteiger partial charge in [-0.2, -0.15) is 0 Å². The number of ether oxygens (including phenoxy) is 1. The van der Waals surface area contributed by atoms with Crippen molar-refractivity contribution in [3.8, 4) is 5.75 Å². The first kappa shape index (κ1) is 22.4. The molecule has 0 fully saturated rings. The second-order valence-electron chi connectivity index (χ2n) is 9.43. The first-order chi connectivity index (χ1) is 13.8. The van der Waals surface area contributed by atoms with Crippen molar-refractivity contribution in [2.24, 2.45) is 4.99 Å². The molecule has 0 aliphatic carbocycles. The van der Waals surface area contributed by atoms with Gasteiger partial charge in [-0.15, -0.1) is 0 Å². The van der Waals surface area contributed by atoms with Crippen LogP contribution < -0.4 is 0 Å². The smallest absolute Gasteiger partial charge is 0.363 e. The van der Waals surface area contributed by atoms with E-state index < -0.39 is 5.97 Å². The zero-order valence-corrected chi connectivity index (χ0v) is 19.4. The average molecular weight is 446 g/mol. The largest absolute Gasteiger partial charge is 0.507 e. The minimum Gasteiger partial charge on any atom is -0.507 e. The summed E-state index contributed by atoms with van der Waals surface area (Å²) in [6.45, 7) is 12.2. The van der Waals surface area contributed by atoms with Crippen LogP contribution in [0.4, 0.5) is 0 Å². The van der Waals surface area contributed by atoms with Gasteiger partial charge in [0.25, 0.3) is 0 Å². The van der Waals surface area contributed by atoms with E-state index in [0.29, 0.717) is 15.6 Å². The number of carbonyl (C=O) groups excluding carboxylic acids is 1. The van der Waals surface area contributed by atoms with Crippen molar-refractivity contribution in [1.82, 2.24) is 0 Å². The molecule has 0 radical (unpaired) electrons. The molecule has 0 unspecified atom stereocenters. The molecular formula is C24H25Cl2NO3. The fourth-order valence-electron chi connectivity index (χ4n) is 3.20. The molecule has 2 aromatic carbocycles. The molecule has 0 amide bonds. The highest BCUT2D eigenvalue weighted by atomic mass is 35.5. The summed E-state index contributed by atoms with van der Waals surface area (Å²) in [6.07, 6.45) is 1.68. The SMILES string of the molecule is CC(C)(C)c1cc(/C=C2\N=C(c3ccc(Cl)c(Cl)c3)OC2=O)cc(C(C)(C)C)c1O. The Balaban J connectivity index is 2.10. The molecule has 1 aliphatic rings. The molecular weight excluding hydrogens is 421 g/mol. The van der Waals surface area contributed by atoms with E-state index in [-0.39, 0.29) is 28.2 Å². The molecule has 0 aromatic heterocycles. The topological polar surface area (TPSA) is 58.9 Å². The normalized spacial score (nSPS) is 16.1. The number of esters is 1. The molecule has 1 N–H and O–H groups in total. The van der Waals surface area contributed by atoms with E-state index >= 15 is 0 Å². The lowest BCUT2D eigenvalue weighted by Gasteiger charge is -2.27. The summed E-state index contributed by atoms with van der Waals surface area (Å²) < 4.78 is 5.34. The van der Waals surface area contributed by atoms with Gasteiger partial charge >= 0.3 is 5.97 Å². The number of benzene rings is 2. The third-order valence-electron chi connectivity index (χ3n) is 4.84. The van der Waals surface area contributed by atoms with Gasteiger partial charge in [0.2, 0.25) is 5.90 Å². The fraction of sp³-hybridized carbons (Fsp3) is 0.333. The van der Waals surface area contributed by atoms with Gasteiger partial charge < -0.3 is 9.84 Å². The van der Waals surface area contributed by atoms with E-state index in [0.717, 1.165) is 16.7 Å². The Morgan fingerprint density at radius 3 is 2.00 bits per heavy atom. The second kappa shape index (κ2) is 7.75. The number of halogens is 2. The van der Waals surface area contributed by atoms with E-state index in [4.69, 9.17) is 27.9 Å². The molecule has 0 saturated heterocycles. The van der Waals surface area contributed by atoms with Gasteiger partial charge in [-0.3, -0.25) is 0 Å². The van der Waals surface area contributed by atoms with Crippen LogP contribution in [0.1, 0.15) is 63.8 Å².